The van der Waals surface area contributed by atoms with Crippen LogP contribution in [0.2, 0.25) is 0 Å². The number of morpholine rings is 1. The minimum absolute atomic E-state index is 0.0623. The Labute approximate surface area is 147 Å². The summed E-state index contributed by atoms with van der Waals surface area (Å²) in [6.07, 6.45) is 0.0623. The van der Waals surface area contributed by atoms with Crippen LogP contribution in [0.5, 0.6) is 0 Å². The summed E-state index contributed by atoms with van der Waals surface area (Å²) in [7, 11) is 3.46. The predicted octanol–water partition coefficient (Wildman–Crippen LogP) is 1.76. The molecule has 1 aliphatic rings. The molecule has 2 aromatic rings. The predicted molar refractivity (Wildman–Crippen MR) is 95.3 cm³/mol. The number of ether oxygens (including phenoxy) is 2. The van der Waals surface area contributed by atoms with Crippen LogP contribution in [0.25, 0.3) is 11.3 Å². The molecule has 0 amide bonds. The minimum Gasteiger partial charge on any atom is -0.382 e. The number of nitrogens with zero attached hydrogens (tertiary/aromatic N) is 3. The van der Waals surface area contributed by atoms with Crippen molar-refractivity contribution < 1.29 is 14.0 Å². The number of hydrogen-bond acceptors (Lipinski definition) is 5. The Morgan fingerprint density at radius 3 is 3.00 bits per heavy atom. The van der Waals surface area contributed by atoms with E-state index in [9.17, 15) is 0 Å². The number of methoxy groups -OCH3 is 1. The van der Waals surface area contributed by atoms with Crippen LogP contribution in [0.15, 0.2) is 45.9 Å². The van der Waals surface area contributed by atoms with Crippen molar-refractivity contribution in [3.63, 3.8) is 0 Å². The Bertz CT molecular complexity index is 685. The van der Waals surface area contributed by atoms with Gasteiger partial charge in [-0.2, -0.15) is 0 Å². The van der Waals surface area contributed by atoms with Gasteiger partial charge in [0.15, 0.2) is 11.7 Å². The van der Waals surface area contributed by atoms with Gasteiger partial charge >= 0.3 is 0 Å². The van der Waals surface area contributed by atoms with E-state index in [0.717, 1.165) is 36.1 Å². The Morgan fingerprint density at radius 2 is 2.24 bits per heavy atom. The lowest BCUT2D eigenvalue weighted by atomic mass is 10.1. The number of guanidine groups is 1. The Kier molecular flexibility index (Phi) is 6.03. The lowest BCUT2D eigenvalue weighted by molar-refractivity contribution is -0.0447. The first-order chi connectivity index (χ1) is 12.3. The van der Waals surface area contributed by atoms with Crippen LogP contribution in [0.3, 0.4) is 0 Å². The summed E-state index contributed by atoms with van der Waals surface area (Å²) in [5.74, 6) is 1.59. The molecule has 0 aliphatic carbocycles. The summed E-state index contributed by atoms with van der Waals surface area (Å²) in [5, 5.41) is 7.46. The van der Waals surface area contributed by atoms with Crippen molar-refractivity contribution in [3.8, 4) is 11.3 Å². The van der Waals surface area contributed by atoms with Crippen LogP contribution in [0.4, 0.5) is 0 Å². The smallest absolute Gasteiger partial charge is 0.194 e. The molecule has 0 radical (unpaired) electrons. The van der Waals surface area contributed by atoms with Gasteiger partial charge in [-0.15, -0.1) is 0 Å². The molecule has 1 saturated heterocycles. The van der Waals surface area contributed by atoms with Gasteiger partial charge in [0, 0.05) is 38.9 Å². The molecule has 0 saturated carbocycles. The molecule has 1 aliphatic heterocycles. The SMILES string of the molecule is CN=C(NCc1cc(-c2ccccc2)no1)N1CCOC(COC)C1. The summed E-state index contributed by atoms with van der Waals surface area (Å²) < 4.78 is 16.3. The van der Waals surface area contributed by atoms with Gasteiger partial charge in [0.05, 0.1) is 25.9 Å². The second-order valence-corrected chi connectivity index (χ2v) is 5.84. The molecule has 1 aromatic carbocycles. The van der Waals surface area contributed by atoms with Crippen molar-refractivity contribution >= 4 is 5.96 Å². The molecule has 1 N–H and O–H groups in total. The summed E-state index contributed by atoms with van der Waals surface area (Å²) in [6, 6.07) is 11.9. The lowest BCUT2D eigenvalue weighted by Gasteiger charge is -2.34. The monoisotopic (exact) mass is 344 g/mol. The molecular formula is C18H24N4O3. The van der Waals surface area contributed by atoms with Crippen LogP contribution in [-0.2, 0) is 16.0 Å². The molecule has 1 atom stereocenters. The maximum atomic E-state index is 5.68. The third-order valence-corrected chi connectivity index (χ3v) is 4.05. The number of hydrogen-bond donors (Lipinski definition) is 1. The van der Waals surface area contributed by atoms with Gasteiger partial charge in [-0.05, 0) is 0 Å². The Morgan fingerprint density at radius 1 is 1.40 bits per heavy atom. The van der Waals surface area contributed by atoms with Gasteiger partial charge < -0.3 is 24.2 Å². The van der Waals surface area contributed by atoms with Crippen molar-refractivity contribution in [3.05, 3.63) is 42.2 Å². The fraction of sp³-hybridized carbons (Fsp3) is 0.444. The summed E-state index contributed by atoms with van der Waals surface area (Å²) in [6.45, 7) is 3.31. The molecule has 3 rings (SSSR count). The maximum absolute atomic E-state index is 5.68. The molecule has 1 fully saturated rings. The molecule has 1 unspecified atom stereocenters. The van der Waals surface area contributed by atoms with Crippen LogP contribution in [0.1, 0.15) is 5.76 Å². The number of nitrogens with one attached hydrogen (secondary N) is 1. The van der Waals surface area contributed by atoms with Crippen molar-refractivity contribution in [2.24, 2.45) is 4.99 Å². The number of rotatable bonds is 5. The first-order valence-corrected chi connectivity index (χ1v) is 8.37. The molecule has 7 nitrogen and oxygen atoms in total. The number of benzene rings is 1. The van der Waals surface area contributed by atoms with Crippen molar-refractivity contribution in [1.29, 1.82) is 0 Å². The highest BCUT2D eigenvalue weighted by Gasteiger charge is 2.22. The van der Waals surface area contributed by atoms with Crippen LogP contribution in [0, 0.1) is 0 Å². The van der Waals surface area contributed by atoms with E-state index >= 15 is 0 Å². The molecular weight excluding hydrogens is 320 g/mol. The fourth-order valence-electron chi connectivity index (χ4n) is 2.84. The highest BCUT2D eigenvalue weighted by molar-refractivity contribution is 5.80. The highest BCUT2D eigenvalue weighted by Crippen LogP contribution is 2.18. The van der Waals surface area contributed by atoms with Crippen molar-refractivity contribution in [2.75, 3.05) is 40.5 Å². The van der Waals surface area contributed by atoms with E-state index in [1.165, 1.54) is 0 Å². The van der Waals surface area contributed by atoms with E-state index in [-0.39, 0.29) is 6.10 Å². The van der Waals surface area contributed by atoms with E-state index in [1.807, 2.05) is 36.4 Å². The van der Waals surface area contributed by atoms with Crippen molar-refractivity contribution in [1.82, 2.24) is 15.4 Å². The average Bonchev–Trinajstić information content (AvgIpc) is 3.13. The first-order valence-electron chi connectivity index (χ1n) is 8.37. The van der Waals surface area contributed by atoms with Gasteiger partial charge in [0.1, 0.15) is 5.69 Å². The molecule has 2 heterocycles. The van der Waals surface area contributed by atoms with Gasteiger partial charge in [-0.25, -0.2) is 0 Å². The lowest BCUT2D eigenvalue weighted by Crippen LogP contribution is -2.51. The summed E-state index contributed by atoms with van der Waals surface area (Å²) >= 11 is 0. The summed E-state index contributed by atoms with van der Waals surface area (Å²) in [5.41, 5.74) is 1.87. The van der Waals surface area contributed by atoms with Gasteiger partial charge in [-0.3, -0.25) is 4.99 Å². The summed E-state index contributed by atoms with van der Waals surface area (Å²) in [4.78, 5) is 6.53. The molecule has 25 heavy (non-hydrogen) atoms. The molecule has 0 bridgehead atoms. The van der Waals surface area contributed by atoms with E-state index in [2.05, 4.69) is 20.4 Å². The number of aromatic nitrogens is 1. The molecule has 134 valence electrons. The van der Waals surface area contributed by atoms with E-state index < -0.39 is 0 Å². The zero-order chi connectivity index (χ0) is 17.5. The normalized spacial score (nSPS) is 18.4. The number of aliphatic imine (C=N–C) groups is 1. The van der Waals surface area contributed by atoms with Gasteiger partial charge in [0.25, 0.3) is 0 Å². The second-order valence-electron chi connectivity index (χ2n) is 5.84. The average molecular weight is 344 g/mol. The Balaban J connectivity index is 1.57. The van der Waals surface area contributed by atoms with Crippen LogP contribution >= 0.6 is 0 Å². The van der Waals surface area contributed by atoms with E-state index in [0.29, 0.717) is 19.8 Å². The zero-order valence-electron chi connectivity index (χ0n) is 14.6. The molecule has 0 spiro atoms. The maximum Gasteiger partial charge on any atom is 0.194 e. The quantitative estimate of drug-likeness (QED) is 0.658. The van der Waals surface area contributed by atoms with Gasteiger partial charge in [-0.1, -0.05) is 35.5 Å². The third kappa shape index (κ3) is 4.58. The van der Waals surface area contributed by atoms with Crippen LogP contribution < -0.4 is 5.32 Å². The topological polar surface area (TPSA) is 72.1 Å². The second kappa shape index (κ2) is 8.64. The van der Waals surface area contributed by atoms with Crippen LogP contribution in [-0.4, -0.2) is 62.6 Å². The Hall–Kier alpha value is -2.38. The van der Waals surface area contributed by atoms with Crippen molar-refractivity contribution in [2.45, 2.75) is 12.6 Å². The third-order valence-electron chi connectivity index (χ3n) is 4.05. The standard InChI is InChI=1S/C18H24N4O3/c1-19-18(22-8-9-24-16(12-22)13-23-2)20-11-15-10-17(21-25-15)14-6-4-3-5-7-14/h3-7,10,16H,8-9,11-13H2,1-2H3,(H,19,20). The highest BCUT2D eigenvalue weighted by atomic mass is 16.5. The largest absolute Gasteiger partial charge is 0.382 e. The molecule has 7 heteroatoms. The minimum atomic E-state index is 0.0623. The zero-order valence-corrected chi connectivity index (χ0v) is 14.6. The fourth-order valence-corrected chi connectivity index (χ4v) is 2.84. The first kappa shape index (κ1) is 17.4. The van der Waals surface area contributed by atoms with E-state index in [1.54, 1.807) is 14.2 Å². The van der Waals surface area contributed by atoms with E-state index in [4.69, 9.17) is 14.0 Å². The van der Waals surface area contributed by atoms with Gasteiger partial charge in [0.2, 0.25) is 0 Å². The molecule has 1 aromatic heterocycles.